The summed E-state index contributed by atoms with van der Waals surface area (Å²) < 4.78 is 22.3. The van der Waals surface area contributed by atoms with E-state index in [1.807, 2.05) is 0 Å². The van der Waals surface area contributed by atoms with Crippen molar-refractivity contribution >= 4 is 21.6 Å². The van der Waals surface area contributed by atoms with E-state index in [-0.39, 0.29) is 4.90 Å². The van der Waals surface area contributed by atoms with Gasteiger partial charge in [0, 0.05) is 17.6 Å². The van der Waals surface area contributed by atoms with Gasteiger partial charge in [0.15, 0.2) is 0 Å². The third-order valence-electron chi connectivity index (χ3n) is 2.50. The standard InChI is InChI=1S/C10H13ClN2O2S/c11-10-4-3-9(16(12,14)15)5-7(10)6-13-8-1-2-8/h3-5,8,13H,1-2,6H2,(H2,12,14,15). The first-order valence-corrected chi connectivity index (χ1v) is 6.94. The minimum absolute atomic E-state index is 0.101. The van der Waals surface area contributed by atoms with Crippen LogP contribution in [0.1, 0.15) is 18.4 Å². The molecular weight excluding hydrogens is 248 g/mol. The van der Waals surface area contributed by atoms with Crippen LogP contribution in [0.25, 0.3) is 0 Å². The Hall–Kier alpha value is -0.620. The quantitative estimate of drug-likeness (QED) is 0.856. The number of hydrogen-bond donors (Lipinski definition) is 2. The van der Waals surface area contributed by atoms with Crippen molar-refractivity contribution in [1.29, 1.82) is 0 Å². The topological polar surface area (TPSA) is 72.2 Å². The molecule has 0 spiro atoms. The van der Waals surface area contributed by atoms with Gasteiger partial charge in [0.25, 0.3) is 0 Å². The average Bonchev–Trinajstić information content (AvgIpc) is 2.98. The first-order chi connectivity index (χ1) is 7.47. The number of primary sulfonamides is 1. The van der Waals surface area contributed by atoms with Gasteiger partial charge in [-0.05, 0) is 36.6 Å². The van der Waals surface area contributed by atoms with Gasteiger partial charge in [-0.15, -0.1) is 0 Å². The fourth-order valence-corrected chi connectivity index (χ4v) is 2.15. The van der Waals surface area contributed by atoms with Gasteiger partial charge in [-0.3, -0.25) is 0 Å². The number of rotatable bonds is 4. The number of hydrogen-bond acceptors (Lipinski definition) is 3. The molecule has 0 atom stereocenters. The van der Waals surface area contributed by atoms with Crippen LogP contribution in [0.2, 0.25) is 5.02 Å². The third kappa shape index (κ3) is 2.95. The van der Waals surface area contributed by atoms with Crippen molar-refractivity contribution in [2.75, 3.05) is 0 Å². The lowest BCUT2D eigenvalue weighted by molar-refractivity contribution is 0.597. The summed E-state index contributed by atoms with van der Waals surface area (Å²) >= 11 is 5.97. The van der Waals surface area contributed by atoms with E-state index in [0.29, 0.717) is 17.6 Å². The van der Waals surface area contributed by atoms with Gasteiger partial charge in [-0.2, -0.15) is 0 Å². The zero-order valence-electron chi connectivity index (χ0n) is 8.61. The maximum Gasteiger partial charge on any atom is 0.238 e. The van der Waals surface area contributed by atoms with Crippen LogP contribution in [-0.2, 0) is 16.6 Å². The molecule has 1 saturated carbocycles. The summed E-state index contributed by atoms with van der Waals surface area (Å²) in [5.74, 6) is 0. The Labute approximate surface area is 99.8 Å². The molecule has 6 heteroatoms. The number of halogens is 1. The molecule has 0 heterocycles. The van der Waals surface area contributed by atoms with Crippen molar-refractivity contribution in [1.82, 2.24) is 5.32 Å². The van der Waals surface area contributed by atoms with Crippen LogP contribution < -0.4 is 10.5 Å². The minimum atomic E-state index is -3.65. The van der Waals surface area contributed by atoms with Crippen molar-refractivity contribution in [2.45, 2.75) is 30.3 Å². The average molecular weight is 261 g/mol. The van der Waals surface area contributed by atoms with Gasteiger partial charge in [0.1, 0.15) is 0 Å². The van der Waals surface area contributed by atoms with Crippen molar-refractivity contribution in [3.8, 4) is 0 Å². The van der Waals surface area contributed by atoms with Crippen LogP contribution in [-0.4, -0.2) is 14.5 Å². The van der Waals surface area contributed by atoms with E-state index in [4.69, 9.17) is 16.7 Å². The highest BCUT2D eigenvalue weighted by molar-refractivity contribution is 7.89. The second-order valence-electron chi connectivity index (χ2n) is 3.95. The molecule has 16 heavy (non-hydrogen) atoms. The van der Waals surface area contributed by atoms with Gasteiger partial charge < -0.3 is 5.32 Å². The zero-order chi connectivity index (χ0) is 11.8. The molecule has 1 fully saturated rings. The van der Waals surface area contributed by atoms with E-state index < -0.39 is 10.0 Å². The van der Waals surface area contributed by atoms with Gasteiger partial charge >= 0.3 is 0 Å². The second-order valence-corrected chi connectivity index (χ2v) is 5.92. The number of sulfonamides is 1. The molecule has 3 N–H and O–H groups in total. The molecular formula is C10H13ClN2O2S. The predicted molar refractivity (Wildman–Crippen MR) is 62.7 cm³/mol. The van der Waals surface area contributed by atoms with Crippen LogP contribution in [0.4, 0.5) is 0 Å². The van der Waals surface area contributed by atoms with E-state index in [2.05, 4.69) is 5.32 Å². The number of benzene rings is 1. The van der Waals surface area contributed by atoms with Gasteiger partial charge in [0.2, 0.25) is 10.0 Å². The molecule has 88 valence electrons. The molecule has 0 amide bonds. The van der Waals surface area contributed by atoms with Gasteiger partial charge in [-0.1, -0.05) is 11.6 Å². The van der Waals surface area contributed by atoms with Crippen molar-refractivity contribution in [2.24, 2.45) is 5.14 Å². The fraction of sp³-hybridized carbons (Fsp3) is 0.400. The van der Waals surface area contributed by atoms with E-state index in [0.717, 1.165) is 5.56 Å². The summed E-state index contributed by atoms with van der Waals surface area (Å²) in [5.41, 5.74) is 0.764. The number of nitrogens with two attached hydrogens (primary N) is 1. The lowest BCUT2D eigenvalue weighted by Gasteiger charge is -2.07. The predicted octanol–water partition coefficient (Wildman–Crippen LogP) is 1.24. The maximum atomic E-state index is 11.2. The summed E-state index contributed by atoms with van der Waals surface area (Å²) in [7, 11) is -3.65. The van der Waals surface area contributed by atoms with Crippen molar-refractivity contribution in [3.63, 3.8) is 0 Å². The van der Waals surface area contributed by atoms with Gasteiger partial charge in [0.05, 0.1) is 4.90 Å². The molecule has 2 rings (SSSR count). The normalized spacial score (nSPS) is 16.4. The Morgan fingerprint density at radius 1 is 1.44 bits per heavy atom. The van der Waals surface area contributed by atoms with Crippen LogP contribution >= 0.6 is 11.6 Å². The molecule has 1 aliphatic carbocycles. The summed E-state index contributed by atoms with van der Waals surface area (Å²) in [5, 5.41) is 8.88. The highest BCUT2D eigenvalue weighted by atomic mass is 35.5. The largest absolute Gasteiger partial charge is 0.310 e. The van der Waals surface area contributed by atoms with Crippen LogP contribution in [0, 0.1) is 0 Å². The third-order valence-corrected chi connectivity index (χ3v) is 3.78. The zero-order valence-corrected chi connectivity index (χ0v) is 10.2. The van der Waals surface area contributed by atoms with Gasteiger partial charge in [-0.25, -0.2) is 13.6 Å². The molecule has 1 aromatic carbocycles. The van der Waals surface area contributed by atoms with E-state index in [1.165, 1.54) is 25.0 Å². The maximum absolute atomic E-state index is 11.2. The Bertz CT molecular complexity index is 498. The summed E-state index contributed by atoms with van der Waals surface area (Å²) in [6.45, 7) is 0.576. The van der Waals surface area contributed by atoms with Crippen LogP contribution in [0.3, 0.4) is 0 Å². The smallest absolute Gasteiger partial charge is 0.238 e. The molecule has 0 saturated heterocycles. The lowest BCUT2D eigenvalue weighted by atomic mass is 10.2. The Balaban J connectivity index is 2.21. The van der Waals surface area contributed by atoms with E-state index in [9.17, 15) is 8.42 Å². The van der Waals surface area contributed by atoms with Crippen molar-refractivity contribution in [3.05, 3.63) is 28.8 Å². The molecule has 1 aromatic rings. The fourth-order valence-electron chi connectivity index (χ4n) is 1.41. The van der Waals surface area contributed by atoms with E-state index >= 15 is 0 Å². The highest BCUT2D eigenvalue weighted by Crippen LogP contribution is 2.23. The first-order valence-electron chi connectivity index (χ1n) is 5.01. The Morgan fingerprint density at radius 2 is 2.12 bits per heavy atom. The molecule has 0 unspecified atom stereocenters. The summed E-state index contributed by atoms with van der Waals surface area (Å²) in [6, 6.07) is 5.05. The molecule has 0 aromatic heterocycles. The Morgan fingerprint density at radius 3 is 2.69 bits per heavy atom. The SMILES string of the molecule is NS(=O)(=O)c1ccc(Cl)c(CNC2CC2)c1. The highest BCUT2D eigenvalue weighted by Gasteiger charge is 2.20. The molecule has 0 bridgehead atoms. The van der Waals surface area contributed by atoms with E-state index in [1.54, 1.807) is 6.07 Å². The summed E-state index contributed by atoms with van der Waals surface area (Å²) in [6.07, 6.45) is 2.35. The van der Waals surface area contributed by atoms with Crippen LogP contribution in [0.15, 0.2) is 23.1 Å². The minimum Gasteiger partial charge on any atom is -0.310 e. The molecule has 1 aliphatic rings. The monoisotopic (exact) mass is 260 g/mol. The second kappa shape index (κ2) is 4.33. The first kappa shape index (κ1) is 11.9. The Kier molecular flexibility index (Phi) is 3.21. The number of nitrogens with one attached hydrogen (secondary N) is 1. The lowest BCUT2D eigenvalue weighted by Crippen LogP contribution is -2.17. The molecule has 0 aliphatic heterocycles. The molecule has 0 radical (unpaired) electrons. The van der Waals surface area contributed by atoms with Crippen molar-refractivity contribution < 1.29 is 8.42 Å². The summed E-state index contributed by atoms with van der Waals surface area (Å²) in [4.78, 5) is 0.101. The molecule has 4 nitrogen and oxygen atoms in total. The van der Waals surface area contributed by atoms with Crippen LogP contribution in [0.5, 0.6) is 0 Å².